The lowest BCUT2D eigenvalue weighted by Gasteiger charge is -2.37. The summed E-state index contributed by atoms with van der Waals surface area (Å²) in [6, 6.07) is 4.35. The summed E-state index contributed by atoms with van der Waals surface area (Å²) in [6.45, 7) is 6.81. The molecule has 1 aromatic rings. The van der Waals surface area contributed by atoms with Crippen molar-refractivity contribution >= 4 is 17.6 Å². The van der Waals surface area contributed by atoms with Gasteiger partial charge in [0.05, 0.1) is 5.69 Å². The van der Waals surface area contributed by atoms with Crippen molar-refractivity contribution in [1.29, 1.82) is 0 Å². The van der Waals surface area contributed by atoms with Gasteiger partial charge in [0, 0.05) is 32.1 Å². The number of carbonyl (C=O) groups excluding carboxylic acids is 2. The van der Waals surface area contributed by atoms with E-state index in [1.54, 1.807) is 17.0 Å². The first-order valence-electron chi connectivity index (χ1n) is 9.55. The first kappa shape index (κ1) is 18.7. The van der Waals surface area contributed by atoms with Crippen LogP contribution in [0.5, 0.6) is 0 Å². The smallest absolute Gasteiger partial charge is 0.321 e. The van der Waals surface area contributed by atoms with Crippen LogP contribution in [-0.2, 0) is 4.79 Å². The van der Waals surface area contributed by atoms with Crippen molar-refractivity contribution in [1.82, 2.24) is 9.80 Å². The zero-order valence-corrected chi connectivity index (χ0v) is 15.6. The molecule has 3 rings (SSSR count). The van der Waals surface area contributed by atoms with Crippen LogP contribution in [0.3, 0.4) is 0 Å². The first-order chi connectivity index (χ1) is 12.4. The van der Waals surface area contributed by atoms with E-state index in [1.807, 2.05) is 11.8 Å². The fraction of sp³-hybridized carbons (Fsp3) is 0.600. The van der Waals surface area contributed by atoms with Crippen LogP contribution in [-0.4, -0.2) is 47.9 Å². The predicted octanol–water partition coefficient (Wildman–Crippen LogP) is 3.64. The zero-order valence-electron chi connectivity index (χ0n) is 15.6. The maximum atomic E-state index is 13.8. The Balaban J connectivity index is 1.52. The number of hydrogen-bond donors (Lipinski definition) is 1. The van der Waals surface area contributed by atoms with E-state index >= 15 is 0 Å². The molecule has 2 fully saturated rings. The highest BCUT2D eigenvalue weighted by Gasteiger charge is 2.31. The summed E-state index contributed by atoms with van der Waals surface area (Å²) in [5.74, 6) is 0.373. The molecule has 6 heteroatoms. The summed E-state index contributed by atoms with van der Waals surface area (Å²) in [6.07, 6.45) is 3.62. The molecule has 142 valence electrons. The molecule has 2 heterocycles. The Bertz CT molecular complexity index is 671. The minimum atomic E-state index is -0.437. The molecule has 0 aromatic heterocycles. The van der Waals surface area contributed by atoms with Gasteiger partial charge in [-0.3, -0.25) is 4.79 Å². The minimum Gasteiger partial charge on any atom is -0.342 e. The van der Waals surface area contributed by atoms with E-state index in [0.717, 1.165) is 25.1 Å². The molecule has 1 atom stereocenters. The van der Waals surface area contributed by atoms with Gasteiger partial charge in [0.2, 0.25) is 5.91 Å². The maximum absolute atomic E-state index is 13.8. The van der Waals surface area contributed by atoms with Crippen molar-refractivity contribution in [2.24, 2.45) is 11.8 Å². The van der Waals surface area contributed by atoms with Gasteiger partial charge in [-0.2, -0.15) is 0 Å². The molecule has 1 N–H and O–H groups in total. The van der Waals surface area contributed by atoms with Crippen LogP contribution < -0.4 is 5.32 Å². The number of urea groups is 1. The molecule has 0 aliphatic carbocycles. The third-order valence-corrected chi connectivity index (χ3v) is 5.46. The number of aryl methyl sites for hydroxylation is 1. The number of nitrogens with one attached hydrogen (secondary N) is 1. The van der Waals surface area contributed by atoms with E-state index in [-0.39, 0.29) is 23.5 Å². The summed E-state index contributed by atoms with van der Waals surface area (Å²) in [5, 5.41) is 2.65. The Hall–Kier alpha value is -2.11. The molecule has 1 unspecified atom stereocenters. The summed E-state index contributed by atoms with van der Waals surface area (Å²) in [7, 11) is 0. The molecular formula is C20H28FN3O2. The van der Waals surface area contributed by atoms with Crippen LogP contribution in [0.25, 0.3) is 0 Å². The van der Waals surface area contributed by atoms with Gasteiger partial charge in [-0.1, -0.05) is 13.0 Å². The highest BCUT2D eigenvalue weighted by Crippen LogP contribution is 2.24. The molecule has 1 aromatic carbocycles. The highest BCUT2D eigenvalue weighted by molar-refractivity contribution is 5.90. The molecule has 2 aliphatic rings. The van der Waals surface area contributed by atoms with Crippen molar-refractivity contribution in [3.63, 3.8) is 0 Å². The normalized spacial score (nSPS) is 21.6. The fourth-order valence-corrected chi connectivity index (χ4v) is 3.91. The second-order valence-corrected chi connectivity index (χ2v) is 7.71. The highest BCUT2D eigenvalue weighted by atomic mass is 19.1. The number of hydrogen-bond acceptors (Lipinski definition) is 2. The SMILES string of the molecule is Cc1ccc(F)c(NC(=O)N2CCC(C(=O)N3CCCC(C)C3)CC2)c1. The van der Waals surface area contributed by atoms with Crippen LogP contribution in [0.4, 0.5) is 14.9 Å². The molecule has 5 nitrogen and oxygen atoms in total. The molecular weight excluding hydrogens is 333 g/mol. The van der Waals surface area contributed by atoms with Crippen LogP contribution in [0.1, 0.15) is 38.2 Å². The number of piperidine rings is 2. The summed E-state index contributed by atoms with van der Waals surface area (Å²) in [5.41, 5.74) is 1.09. The number of carbonyl (C=O) groups is 2. The molecule has 2 saturated heterocycles. The van der Waals surface area contributed by atoms with Gasteiger partial charge in [0.25, 0.3) is 0 Å². The number of rotatable bonds is 2. The van der Waals surface area contributed by atoms with Crippen LogP contribution in [0.2, 0.25) is 0 Å². The van der Waals surface area contributed by atoms with E-state index in [9.17, 15) is 14.0 Å². The second-order valence-electron chi connectivity index (χ2n) is 7.71. The van der Waals surface area contributed by atoms with Crippen molar-refractivity contribution in [2.75, 3.05) is 31.5 Å². The van der Waals surface area contributed by atoms with Gasteiger partial charge in [-0.05, 0) is 56.2 Å². The molecule has 26 heavy (non-hydrogen) atoms. The van der Waals surface area contributed by atoms with Gasteiger partial charge in [-0.15, -0.1) is 0 Å². The lowest BCUT2D eigenvalue weighted by molar-refractivity contribution is -0.138. The van der Waals surface area contributed by atoms with Crippen molar-refractivity contribution in [3.8, 4) is 0 Å². The molecule has 0 saturated carbocycles. The maximum Gasteiger partial charge on any atom is 0.321 e. The molecule has 2 aliphatic heterocycles. The van der Waals surface area contributed by atoms with Gasteiger partial charge in [0.1, 0.15) is 5.82 Å². The number of benzene rings is 1. The average molecular weight is 361 g/mol. The molecule has 0 spiro atoms. The summed E-state index contributed by atoms with van der Waals surface area (Å²) >= 11 is 0. The topological polar surface area (TPSA) is 52.7 Å². The Morgan fingerprint density at radius 2 is 1.85 bits per heavy atom. The van der Waals surface area contributed by atoms with Crippen LogP contribution in [0, 0.1) is 24.6 Å². The number of likely N-dealkylation sites (tertiary alicyclic amines) is 2. The van der Waals surface area contributed by atoms with Gasteiger partial charge in [-0.25, -0.2) is 9.18 Å². The largest absolute Gasteiger partial charge is 0.342 e. The summed E-state index contributed by atoms with van der Waals surface area (Å²) < 4.78 is 13.8. The van der Waals surface area contributed by atoms with Crippen LogP contribution in [0.15, 0.2) is 18.2 Å². The van der Waals surface area contributed by atoms with Crippen molar-refractivity contribution in [3.05, 3.63) is 29.6 Å². The Labute approximate surface area is 154 Å². The minimum absolute atomic E-state index is 0.0000517. The second kappa shape index (κ2) is 8.06. The third kappa shape index (κ3) is 4.34. The fourth-order valence-electron chi connectivity index (χ4n) is 3.91. The van der Waals surface area contributed by atoms with E-state index in [4.69, 9.17) is 0 Å². The Morgan fingerprint density at radius 1 is 1.12 bits per heavy atom. The van der Waals surface area contributed by atoms with Gasteiger partial charge < -0.3 is 15.1 Å². The number of halogens is 1. The lowest BCUT2D eigenvalue weighted by atomic mass is 9.93. The Morgan fingerprint density at radius 3 is 2.54 bits per heavy atom. The van der Waals surface area contributed by atoms with E-state index in [1.165, 1.54) is 12.5 Å². The van der Waals surface area contributed by atoms with E-state index < -0.39 is 5.82 Å². The predicted molar refractivity (Wildman–Crippen MR) is 99.4 cm³/mol. The molecule has 0 radical (unpaired) electrons. The number of amides is 3. The monoisotopic (exact) mass is 361 g/mol. The zero-order chi connectivity index (χ0) is 18.7. The summed E-state index contributed by atoms with van der Waals surface area (Å²) in [4.78, 5) is 28.8. The first-order valence-corrected chi connectivity index (χ1v) is 9.55. The van der Waals surface area contributed by atoms with E-state index in [0.29, 0.717) is 31.8 Å². The number of nitrogens with zero attached hydrogens (tertiary/aromatic N) is 2. The molecule has 0 bridgehead atoms. The average Bonchev–Trinajstić information content (AvgIpc) is 2.64. The number of anilines is 1. The third-order valence-electron chi connectivity index (χ3n) is 5.46. The van der Waals surface area contributed by atoms with Gasteiger partial charge in [0.15, 0.2) is 0 Å². The Kier molecular flexibility index (Phi) is 5.79. The standard InChI is InChI=1S/C20H28FN3O2/c1-14-5-6-17(21)18(12-14)22-20(26)23-10-7-16(8-11-23)19(25)24-9-3-4-15(2)13-24/h5-6,12,15-16H,3-4,7-11,13H2,1-2H3,(H,22,26). The quantitative estimate of drug-likeness (QED) is 0.874. The van der Waals surface area contributed by atoms with E-state index in [2.05, 4.69) is 12.2 Å². The molecule has 3 amide bonds. The van der Waals surface area contributed by atoms with Crippen molar-refractivity contribution < 1.29 is 14.0 Å². The van der Waals surface area contributed by atoms with Gasteiger partial charge >= 0.3 is 6.03 Å². The van der Waals surface area contributed by atoms with Crippen LogP contribution >= 0.6 is 0 Å². The van der Waals surface area contributed by atoms with Crippen molar-refractivity contribution in [2.45, 2.75) is 39.5 Å². The lowest BCUT2D eigenvalue weighted by Crippen LogP contribution is -2.47.